The van der Waals surface area contributed by atoms with Crippen LogP contribution in [0.3, 0.4) is 0 Å². The quantitative estimate of drug-likeness (QED) is 0.345. The highest BCUT2D eigenvalue weighted by molar-refractivity contribution is 5.41. The molecule has 0 bridgehead atoms. The van der Waals surface area contributed by atoms with Crippen LogP contribution in [0.2, 0.25) is 0 Å². The molecule has 1 unspecified atom stereocenters. The van der Waals surface area contributed by atoms with Crippen molar-refractivity contribution in [3.05, 3.63) is 58.0 Å². The molecule has 164 valence electrons. The molecule has 0 saturated carbocycles. The van der Waals surface area contributed by atoms with Gasteiger partial charge in [-0.1, -0.05) is 63.1 Å². The highest BCUT2D eigenvalue weighted by Gasteiger charge is 2.22. The van der Waals surface area contributed by atoms with Crippen molar-refractivity contribution in [3.8, 4) is 11.5 Å². The lowest BCUT2D eigenvalue weighted by Crippen LogP contribution is -1.94. The van der Waals surface area contributed by atoms with E-state index in [1.807, 2.05) is 6.07 Å². The van der Waals surface area contributed by atoms with Gasteiger partial charge in [-0.3, -0.25) is 0 Å². The summed E-state index contributed by atoms with van der Waals surface area (Å²) < 4.78 is 10.3. The molecule has 1 N–H and O–H groups in total. The number of aliphatic hydroxyl groups is 1. The number of rotatable bonds is 12. The molecule has 1 aromatic carbocycles. The Kier molecular flexibility index (Phi) is 9.07. The molecule has 0 radical (unpaired) electrons. The molecular formula is C27H38O3. The van der Waals surface area contributed by atoms with Crippen molar-refractivity contribution in [1.82, 2.24) is 0 Å². The number of ether oxygens (including phenoxy) is 2. The summed E-state index contributed by atoms with van der Waals surface area (Å²) in [6.07, 6.45) is 14.2. The molecule has 0 fully saturated rings. The molecule has 0 aromatic heterocycles. The van der Waals surface area contributed by atoms with E-state index in [9.17, 15) is 0 Å². The average Bonchev–Trinajstić information content (AvgIpc) is 3.17. The Morgan fingerprint density at radius 1 is 0.833 bits per heavy atom. The van der Waals surface area contributed by atoms with Crippen molar-refractivity contribution in [3.63, 3.8) is 0 Å². The molecule has 0 aliphatic heterocycles. The summed E-state index contributed by atoms with van der Waals surface area (Å²) in [5.74, 6) is 2.81. The monoisotopic (exact) mass is 410 g/mol. The van der Waals surface area contributed by atoms with E-state index >= 15 is 0 Å². The fourth-order valence-corrected chi connectivity index (χ4v) is 4.60. The molecule has 3 nitrogen and oxygen atoms in total. The van der Waals surface area contributed by atoms with Gasteiger partial charge in [0.1, 0.15) is 11.5 Å². The summed E-state index contributed by atoms with van der Waals surface area (Å²) in [5, 5.41) is 11.4. The van der Waals surface area contributed by atoms with Crippen LogP contribution >= 0.6 is 0 Å². The third kappa shape index (κ3) is 6.01. The number of fused-ring (bicyclic) bond motifs is 1. The second-order valence-corrected chi connectivity index (χ2v) is 8.56. The van der Waals surface area contributed by atoms with Gasteiger partial charge in [0.05, 0.1) is 14.2 Å². The molecule has 1 aromatic rings. The van der Waals surface area contributed by atoms with Crippen molar-refractivity contribution >= 4 is 0 Å². The molecule has 3 aliphatic rings. The Labute approximate surface area is 181 Å². The largest absolute Gasteiger partial charge is 0.497 e. The smallest absolute Gasteiger partial charge is 0.127 e. The highest BCUT2D eigenvalue weighted by Crippen LogP contribution is 2.38. The van der Waals surface area contributed by atoms with Crippen molar-refractivity contribution in [1.29, 1.82) is 0 Å². The molecule has 3 heteroatoms. The van der Waals surface area contributed by atoms with Crippen molar-refractivity contribution in [2.45, 2.75) is 76.5 Å². The van der Waals surface area contributed by atoms with Gasteiger partial charge in [-0.15, -0.1) is 0 Å². The summed E-state index contributed by atoms with van der Waals surface area (Å²) in [6, 6.07) is 12.8. The third-order valence-corrected chi connectivity index (χ3v) is 6.53. The minimum Gasteiger partial charge on any atom is -0.497 e. The minimum absolute atomic E-state index is 0.356. The molecule has 0 saturated heterocycles. The van der Waals surface area contributed by atoms with Gasteiger partial charge in [-0.25, -0.2) is 0 Å². The molecule has 3 aliphatic carbocycles. The summed E-state index contributed by atoms with van der Waals surface area (Å²) in [5.41, 5.74) is 3.08. The first kappa shape index (κ1) is 22.7. The maximum absolute atomic E-state index is 8.73. The van der Waals surface area contributed by atoms with Crippen LogP contribution in [0, 0.1) is 10.4 Å². The Morgan fingerprint density at radius 2 is 1.57 bits per heavy atom. The fraction of sp³-hybridized carbons (Fsp3) is 0.556. The van der Waals surface area contributed by atoms with Gasteiger partial charge in [0.15, 0.2) is 0 Å². The standard InChI is InChI=1S/C20H32O2.C7H6O/c1-22-19-13-14-20-17(11-12-18(20)16-19)10-8-6-4-2-3-5-7-9-15-21;1-8-7-4-5-2-3-6(5)7/h13-14,16-17,21H,2-12,15H2,1H3;2-4H,1H3. The lowest BCUT2D eigenvalue weighted by molar-refractivity contribution is 0.282. The SMILES string of the molecule is COc1cc2ccc1=2.COc1ccc2c(c1)CCC2CCCCCCCCCCO. The van der Waals surface area contributed by atoms with Gasteiger partial charge in [0.2, 0.25) is 0 Å². The first-order valence-electron chi connectivity index (χ1n) is 11.7. The van der Waals surface area contributed by atoms with E-state index in [2.05, 4.69) is 30.3 Å². The first-order valence-corrected chi connectivity index (χ1v) is 11.7. The Morgan fingerprint density at radius 3 is 2.10 bits per heavy atom. The number of aryl methyl sites for hydroxylation is 1. The van der Waals surface area contributed by atoms with Crippen LogP contribution in [-0.2, 0) is 6.42 Å². The predicted molar refractivity (Wildman–Crippen MR) is 123 cm³/mol. The van der Waals surface area contributed by atoms with Crippen LogP contribution in [0.1, 0.15) is 81.3 Å². The van der Waals surface area contributed by atoms with E-state index < -0.39 is 0 Å². The van der Waals surface area contributed by atoms with Gasteiger partial charge in [-0.05, 0) is 66.1 Å². The third-order valence-electron chi connectivity index (χ3n) is 6.53. The number of unbranched alkanes of at least 4 members (excludes halogenated alkanes) is 7. The summed E-state index contributed by atoms with van der Waals surface area (Å²) >= 11 is 0. The molecule has 1 atom stereocenters. The Hall–Kier alpha value is -2.00. The molecule has 0 heterocycles. The molecule has 30 heavy (non-hydrogen) atoms. The van der Waals surface area contributed by atoms with E-state index in [0.717, 1.165) is 23.8 Å². The van der Waals surface area contributed by atoms with Crippen molar-refractivity contribution in [2.75, 3.05) is 20.8 Å². The molecule has 0 amide bonds. The fourth-order valence-electron chi connectivity index (χ4n) is 4.60. The Balaban J connectivity index is 0.000000263. The summed E-state index contributed by atoms with van der Waals surface area (Å²) in [7, 11) is 3.44. The van der Waals surface area contributed by atoms with Crippen LogP contribution in [0.15, 0.2) is 36.4 Å². The highest BCUT2D eigenvalue weighted by atomic mass is 16.5. The molecule has 4 rings (SSSR count). The number of aliphatic hydroxyl groups excluding tert-OH is 1. The summed E-state index contributed by atoms with van der Waals surface area (Å²) in [4.78, 5) is 0. The van der Waals surface area contributed by atoms with Crippen LogP contribution in [0.25, 0.3) is 0 Å². The lowest BCUT2D eigenvalue weighted by atomic mass is 9.94. The van der Waals surface area contributed by atoms with Crippen LogP contribution in [0.5, 0.6) is 11.5 Å². The normalized spacial score (nSPS) is 15.2. The second kappa shape index (κ2) is 12.0. The van der Waals surface area contributed by atoms with E-state index in [1.165, 1.54) is 80.2 Å². The zero-order valence-electron chi connectivity index (χ0n) is 18.8. The number of hydrogen-bond acceptors (Lipinski definition) is 3. The zero-order valence-corrected chi connectivity index (χ0v) is 18.8. The Bertz CT molecular complexity index is 874. The van der Waals surface area contributed by atoms with Crippen LogP contribution in [-0.4, -0.2) is 25.9 Å². The number of methoxy groups -OCH3 is 2. The molecular weight excluding hydrogens is 372 g/mol. The summed E-state index contributed by atoms with van der Waals surface area (Å²) in [6.45, 7) is 0.356. The van der Waals surface area contributed by atoms with Gasteiger partial charge in [-0.2, -0.15) is 0 Å². The predicted octanol–water partition coefficient (Wildman–Crippen LogP) is 6.52. The van der Waals surface area contributed by atoms with Gasteiger partial charge >= 0.3 is 0 Å². The maximum atomic E-state index is 8.73. The van der Waals surface area contributed by atoms with Crippen LogP contribution in [0.4, 0.5) is 0 Å². The van der Waals surface area contributed by atoms with Gasteiger partial charge in [0, 0.05) is 11.8 Å². The lowest BCUT2D eigenvalue weighted by Gasteiger charge is -2.12. The topological polar surface area (TPSA) is 38.7 Å². The number of hydrogen-bond donors (Lipinski definition) is 1. The van der Waals surface area contributed by atoms with Crippen molar-refractivity contribution < 1.29 is 14.6 Å². The van der Waals surface area contributed by atoms with Crippen molar-refractivity contribution in [2.24, 2.45) is 0 Å². The number of benzene rings is 2. The van der Waals surface area contributed by atoms with E-state index in [0.29, 0.717) is 6.61 Å². The first-order chi connectivity index (χ1) is 14.8. The van der Waals surface area contributed by atoms with Gasteiger partial charge in [0.25, 0.3) is 0 Å². The zero-order chi connectivity index (χ0) is 21.2. The maximum Gasteiger partial charge on any atom is 0.127 e. The van der Waals surface area contributed by atoms with E-state index in [4.69, 9.17) is 14.6 Å². The van der Waals surface area contributed by atoms with E-state index in [-0.39, 0.29) is 0 Å². The average molecular weight is 411 g/mol. The molecule has 0 spiro atoms. The van der Waals surface area contributed by atoms with Crippen LogP contribution < -0.4 is 9.47 Å². The van der Waals surface area contributed by atoms with E-state index in [1.54, 1.807) is 19.8 Å². The van der Waals surface area contributed by atoms with Gasteiger partial charge < -0.3 is 14.6 Å². The minimum atomic E-state index is 0.356. The second-order valence-electron chi connectivity index (χ2n) is 8.56.